The van der Waals surface area contributed by atoms with Gasteiger partial charge in [-0.25, -0.2) is 4.39 Å². The van der Waals surface area contributed by atoms with Gasteiger partial charge >= 0.3 is 0 Å². The van der Waals surface area contributed by atoms with Gasteiger partial charge in [0.2, 0.25) is 5.91 Å². The van der Waals surface area contributed by atoms with E-state index in [1.54, 1.807) is 12.1 Å². The van der Waals surface area contributed by atoms with Crippen molar-refractivity contribution in [1.29, 1.82) is 0 Å². The fourth-order valence-corrected chi connectivity index (χ4v) is 3.95. The summed E-state index contributed by atoms with van der Waals surface area (Å²) in [5.41, 5.74) is 6.84. The number of anilines is 1. The monoisotopic (exact) mass is 357 g/mol. The van der Waals surface area contributed by atoms with E-state index < -0.39 is 5.82 Å². The van der Waals surface area contributed by atoms with Gasteiger partial charge in [0.05, 0.1) is 5.69 Å². The second-order valence-corrected chi connectivity index (χ2v) is 7.36. The molecule has 4 rings (SSSR count). The Bertz CT molecular complexity index is 818. The van der Waals surface area contributed by atoms with Crippen molar-refractivity contribution in [3.8, 4) is 11.4 Å². The van der Waals surface area contributed by atoms with Crippen LogP contribution < -0.4 is 11.1 Å². The number of nitrogens with zero attached hydrogens (tertiary/aromatic N) is 3. The van der Waals surface area contributed by atoms with Gasteiger partial charge in [-0.15, -0.1) is 10.2 Å². The zero-order valence-corrected chi connectivity index (χ0v) is 14.7. The molecule has 1 aliphatic carbocycles. The maximum absolute atomic E-state index is 14.3. The number of hydrogen-bond acceptors (Lipinski definition) is 4. The molecule has 0 spiro atoms. The van der Waals surface area contributed by atoms with Gasteiger partial charge in [0.1, 0.15) is 11.6 Å². The molecule has 2 aromatic rings. The molecule has 2 atom stereocenters. The van der Waals surface area contributed by atoms with Gasteiger partial charge in [0.25, 0.3) is 0 Å². The standard InChI is InChI=1S/C19H24FN5O/c20-15-8-6-12(18-24-23-17-4-2-1-3-9-25(17)18)11-16(15)22-19(26)13-5-7-14(21)10-13/h6,8,11,13-14H,1-5,7,9-10,21H2,(H,22,26). The molecule has 6 nitrogen and oxygen atoms in total. The van der Waals surface area contributed by atoms with Crippen LogP contribution in [0.25, 0.3) is 11.4 Å². The van der Waals surface area contributed by atoms with Gasteiger partial charge in [0, 0.05) is 30.5 Å². The molecular formula is C19H24FN5O. The number of halogens is 1. The van der Waals surface area contributed by atoms with Gasteiger partial charge in [-0.1, -0.05) is 6.42 Å². The highest BCUT2D eigenvalue weighted by molar-refractivity contribution is 5.93. The lowest BCUT2D eigenvalue weighted by Gasteiger charge is -2.13. The third-order valence-corrected chi connectivity index (χ3v) is 5.44. The maximum atomic E-state index is 14.3. The molecule has 1 saturated carbocycles. The predicted molar refractivity (Wildman–Crippen MR) is 96.9 cm³/mol. The summed E-state index contributed by atoms with van der Waals surface area (Å²) in [4.78, 5) is 12.4. The SMILES string of the molecule is NC1CCC(C(=O)Nc2cc(-c3nnc4n3CCCCC4)ccc2F)C1. The molecule has 1 aliphatic heterocycles. The molecular weight excluding hydrogens is 333 g/mol. The zero-order chi connectivity index (χ0) is 18.1. The lowest BCUT2D eigenvalue weighted by Crippen LogP contribution is -2.23. The number of aromatic nitrogens is 3. The van der Waals surface area contributed by atoms with Crippen LogP contribution in [0.2, 0.25) is 0 Å². The molecule has 1 amide bonds. The molecule has 1 aromatic heterocycles. The fraction of sp³-hybridized carbons (Fsp3) is 0.526. The first kappa shape index (κ1) is 17.1. The number of fused-ring (bicyclic) bond motifs is 1. The second kappa shape index (κ2) is 7.15. The van der Waals surface area contributed by atoms with E-state index in [2.05, 4.69) is 20.1 Å². The van der Waals surface area contributed by atoms with E-state index in [4.69, 9.17) is 5.73 Å². The van der Waals surface area contributed by atoms with Crippen molar-refractivity contribution in [2.45, 2.75) is 57.5 Å². The van der Waals surface area contributed by atoms with Gasteiger partial charge in [-0.3, -0.25) is 4.79 Å². The van der Waals surface area contributed by atoms with Gasteiger partial charge < -0.3 is 15.6 Å². The Balaban J connectivity index is 1.59. The Labute approximate surface area is 152 Å². The summed E-state index contributed by atoms with van der Waals surface area (Å²) in [6.45, 7) is 0.872. The van der Waals surface area contributed by atoms with Crippen molar-refractivity contribution in [2.24, 2.45) is 11.7 Å². The van der Waals surface area contributed by atoms with Gasteiger partial charge in [-0.05, 0) is 50.3 Å². The molecule has 2 aliphatic rings. The number of aryl methyl sites for hydroxylation is 1. The van der Waals surface area contributed by atoms with Gasteiger partial charge in [0.15, 0.2) is 5.82 Å². The number of amides is 1. The van der Waals surface area contributed by atoms with Crippen LogP contribution in [0.4, 0.5) is 10.1 Å². The topological polar surface area (TPSA) is 85.8 Å². The van der Waals surface area contributed by atoms with Crippen LogP contribution >= 0.6 is 0 Å². The summed E-state index contributed by atoms with van der Waals surface area (Å²) in [6.07, 6.45) is 6.55. The largest absolute Gasteiger partial charge is 0.328 e. The summed E-state index contributed by atoms with van der Waals surface area (Å²) in [5, 5.41) is 11.3. The zero-order valence-electron chi connectivity index (χ0n) is 14.7. The Morgan fingerprint density at radius 2 is 2.12 bits per heavy atom. The quantitative estimate of drug-likeness (QED) is 0.884. The Kier molecular flexibility index (Phi) is 4.72. The highest BCUT2D eigenvalue weighted by Crippen LogP contribution is 2.29. The third kappa shape index (κ3) is 3.35. The van der Waals surface area contributed by atoms with Crippen LogP contribution in [0.3, 0.4) is 0 Å². The lowest BCUT2D eigenvalue weighted by atomic mass is 10.1. The van der Waals surface area contributed by atoms with Crippen LogP contribution in [0.15, 0.2) is 18.2 Å². The van der Waals surface area contributed by atoms with Crippen molar-refractivity contribution < 1.29 is 9.18 Å². The van der Waals surface area contributed by atoms with E-state index in [0.717, 1.165) is 55.9 Å². The number of carbonyl (C=O) groups is 1. The smallest absolute Gasteiger partial charge is 0.227 e. The van der Waals surface area contributed by atoms with Crippen LogP contribution in [0.5, 0.6) is 0 Å². The third-order valence-electron chi connectivity index (χ3n) is 5.44. The number of hydrogen-bond donors (Lipinski definition) is 2. The molecule has 138 valence electrons. The van der Waals surface area contributed by atoms with E-state index in [9.17, 15) is 9.18 Å². The number of benzene rings is 1. The Morgan fingerprint density at radius 3 is 2.92 bits per heavy atom. The lowest BCUT2D eigenvalue weighted by molar-refractivity contribution is -0.119. The van der Waals surface area contributed by atoms with Crippen molar-refractivity contribution in [3.63, 3.8) is 0 Å². The molecule has 3 N–H and O–H groups in total. The number of nitrogens with two attached hydrogens (primary N) is 1. The fourth-order valence-electron chi connectivity index (χ4n) is 3.95. The Hall–Kier alpha value is -2.28. The summed E-state index contributed by atoms with van der Waals surface area (Å²) in [5.74, 6) is 0.971. The molecule has 0 radical (unpaired) electrons. The summed E-state index contributed by atoms with van der Waals surface area (Å²) in [6, 6.07) is 4.79. The van der Waals surface area contributed by atoms with Crippen molar-refractivity contribution in [2.75, 3.05) is 5.32 Å². The van der Waals surface area contributed by atoms with Crippen molar-refractivity contribution >= 4 is 11.6 Å². The highest BCUT2D eigenvalue weighted by Gasteiger charge is 2.28. The first-order chi connectivity index (χ1) is 12.6. The summed E-state index contributed by atoms with van der Waals surface area (Å²) >= 11 is 0. The highest BCUT2D eigenvalue weighted by atomic mass is 19.1. The predicted octanol–water partition coefficient (Wildman–Crippen LogP) is 2.88. The average Bonchev–Trinajstić information content (AvgIpc) is 3.17. The van der Waals surface area contributed by atoms with Gasteiger partial charge in [-0.2, -0.15) is 0 Å². The molecule has 7 heteroatoms. The molecule has 26 heavy (non-hydrogen) atoms. The number of nitrogens with one attached hydrogen (secondary N) is 1. The minimum atomic E-state index is -0.444. The molecule has 0 saturated heterocycles. The number of rotatable bonds is 3. The second-order valence-electron chi connectivity index (χ2n) is 7.36. The number of carbonyl (C=O) groups excluding carboxylic acids is 1. The van der Waals surface area contributed by atoms with Crippen LogP contribution in [0, 0.1) is 11.7 Å². The van der Waals surface area contributed by atoms with Crippen LogP contribution in [-0.2, 0) is 17.8 Å². The molecule has 1 aromatic carbocycles. The molecule has 0 bridgehead atoms. The van der Waals surface area contributed by atoms with Crippen molar-refractivity contribution in [1.82, 2.24) is 14.8 Å². The maximum Gasteiger partial charge on any atom is 0.227 e. The first-order valence-corrected chi connectivity index (χ1v) is 9.40. The minimum Gasteiger partial charge on any atom is -0.328 e. The van der Waals surface area contributed by atoms with E-state index in [1.165, 1.54) is 12.5 Å². The van der Waals surface area contributed by atoms with E-state index in [1.807, 2.05) is 0 Å². The van der Waals surface area contributed by atoms with Crippen LogP contribution in [0.1, 0.15) is 44.3 Å². The summed E-state index contributed by atoms with van der Waals surface area (Å²) < 4.78 is 16.4. The summed E-state index contributed by atoms with van der Waals surface area (Å²) in [7, 11) is 0. The van der Waals surface area contributed by atoms with Crippen molar-refractivity contribution in [3.05, 3.63) is 29.8 Å². The molecule has 2 unspecified atom stereocenters. The first-order valence-electron chi connectivity index (χ1n) is 9.40. The van der Waals surface area contributed by atoms with E-state index in [-0.39, 0.29) is 23.6 Å². The van der Waals surface area contributed by atoms with E-state index >= 15 is 0 Å². The molecule has 2 heterocycles. The van der Waals surface area contributed by atoms with E-state index in [0.29, 0.717) is 6.42 Å². The Morgan fingerprint density at radius 1 is 1.23 bits per heavy atom. The minimum absolute atomic E-state index is 0.0633. The molecule has 1 fully saturated rings. The normalized spacial score (nSPS) is 22.7. The average molecular weight is 357 g/mol. The van der Waals surface area contributed by atoms with Crippen LogP contribution in [-0.4, -0.2) is 26.7 Å².